The molecule has 0 aliphatic carbocycles. The number of thiol groups is 1. The van der Waals surface area contributed by atoms with Crippen LogP contribution in [0.15, 0.2) is 30.3 Å². The van der Waals surface area contributed by atoms with E-state index in [-0.39, 0.29) is 11.9 Å². The van der Waals surface area contributed by atoms with Crippen molar-refractivity contribution in [2.45, 2.75) is 0 Å². The number of hydrogen-bond donors (Lipinski definition) is 2. The third-order valence-corrected chi connectivity index (χ3v) is 1.30. The Hall–Kier alpha value is -0.830. The van der Waals surface area contributed by atoms with Crippen LogP contribution in [0.5, 0.6) is 0 Å². The van der Waals surface area contributed by atoms with Crippen LogP contribution >= 0.6 is 0 Å². The lowest BCUT2D eigenvalue weighted by atomic mass is 10.3. The second-order valence-electron chi connectivity index (χ2n) is 1.57. The summed E-state index contributed by atoms with van der Waals surface area (Å²) in [6.45, 7) is 0. The molecule has 3 heteroatoms. The molecule has 0 bridgehead atoms. The topological polar surface area (TPSA) is 29.1 Å². The Labute approximate surface area is 57.5 Å². The fourth-order valence-corrected chi connectivity index (χ4v) is 0.820. The van der Waals surface area contributed by atoms with Gasteiger partial charge in [0.15, 0.2) is 0 Å². The predicted molar refractivity (Wildman–Crippen MR) is 39.6 cm³/mol. The zero-order chi connectivity index (χ0) is 6.53. The summed E-state index contributed by atoms with van der Waals surface area (Å²) in [6.07, 6.45) is 0. The van der Waals surface area contributed by atoms with Gasteiger partial charge in [-0.3, -0.25) is 0 Å². The molecule has 0 heterocycles. The lowest BCUT2D eigenvalue weighted by molar-refractivity contribution is 0.696. The molecule has 0 aliphatic heterocycles. The molecule has 0 radical (unpaired) electrons. The Morgan fingerprint density at radius 1 is 1.22 bits per heavy atom. The number of anilines is 1. The molecule has 0 unspecified atom stereocenters. The van der Waals surface area contributed by atoms with Crippen LogP contribution in [-0.2, 0) is 11.9 Å². The van der Waals surface area contributed by atoms with Crippen LogP contribution in [-0.4, -0.2) is 4.21 Å². The minimum absolute atomic E-state index is 0.0550. The van der Waals surface area contributed by atoms with Crippen molar-refractivity contribution in [2.24, 2.45) is 0 Å². The van der Waals surface area contributed by atoms with Crippen molar-refractivity contribution in [3.05, 3.63) is 30.3 Å². The van der Waals surface area contributed by atoms with E-state index in [2.05, 4.69) is 4.72 Å². The minimum Gasteiger partial charge on any atom is -0.308 e. The fourth-order valence-electron chi connectivity index (χ4n) is 0.565. The highest BCUT2D eigenvalue weighted by Gasteiger charge is 1.81. The van der Waals surface area contributed by atoms with Crippen LogP contribution in [0.2, 0.25) is 0 Å². The minimum atomic E-state index is -0.0550. The quantitative estimate of drug-likeness (QED) is 0.590. The van der Waals surface area contributed by atoms with Gasteiger partial charge in [0.05, 0.1) is 0 Å². The van der Waals surface area contributed by atoms with Gasteiger partial charge in [-0.1, -0.05) is 18.2 Å². The van der Waals surface area contributed by atoms with E-state index in [0.29, 0.717) is 0 Å². The molecule has 0 aromatic heterocycles. The van der Waals surface area contributed by atoms with E-state index >= 15 is 0 Å². The van der Waals surface area contributed by atoms with Crippen LogP contribution < -0.4 is 4.72 Å². The van der Waals surface area contributed by atoms with Gasteiger partial charge in [0.25, 0.3) is 0 Å². The first-order valence-corrected chi connectivity index (χ1v) is 3.38. The highest BCUT2D eigenvalue weighted by atomic mass is 32.2. The molecule has 1 aromatic carbocycles. The van der Waals surface area contributed by atoms with Crippen molar-refractivity contribution in [3.8, 4) is 0 Å². The first-order chi connectivity index (χ1) is 4.43. The van der Waals surface area contributed by atoms with Crippen molar-refractivity contribution < 1.29 is 4.21 Å². The summed E-state index contributed by atoms with van der Waals surface area (Å²) in [6, 6.07) is 9.38. The van der Waals surface area contributed by atoms with Crippen LogP contribution in [0, 0.1) is 0 Å². The van der Waals surface area contributed by atoms with Crippen molar-refractivity contribution >= 4 is 17.5 Å². The first kappa shape index (κ1) is 6.29. The molecule has 2 nitrogen and oxygen atoms in total. The van der Waals surface area contributed by atoms with E-state index in [1.807, 2.05) is 30.3 Å². The molecule has 0 amide bonds. The summed E-state index contributed by atoms with van der Waals surface area (Å²) >= 11 is -0.0550. The van der Waals surface area contributed by atoms with Gasteiger partial charge in [-0.15, -0.1) is 0 Å². The summed E-state index contributed by atoms with van der Waals surface area (Å²) < 4.78 is 12.6. The molecule has 1 N–H and O–H groups in total. The van der Waals surface area contributed by atoms with Gasteiger partial charge in [0.2, 0.25) is 0 Å². The van der Waals surface area contributed by atoms with Gasteiger partial charge < -0.3 is 4.72 Å². The second-order valence-corrected chi connectivity index (χ2v) is 1.98. The van der Waals surface area contributed by atoms with Crippen molar-refractivity contribution in [1.29, 1.82) is 0 Å². The maximum atomic E-state index is 9.96. The maximum Gasteiger partial charge on any atom is 0.103 e. The van der Waals surface area contributed by atoms with Gasteiger partial charge in [-0.05, 0) is 12.1 Å². The summed E-state index contributed by atoms with van der Waals surface area (Å²) in [5.41, 5.74) is 0.870. The molecule has 0 atom stereocenters. The SMILES string of the molecule is O=[SH]Nc1ccccc1. The molecule has 1 aromatic rings. The molecule has 1 rings (SSSR count). The highest BCUT2D eigenvalue weighted by Crippen LogP contribution is 2.02. The van der Waals surface area contributed by atoms with Crippen molar-refractivity contribution in [2.75, 3.05) is 4.72 Å². The van der Waals surface area contributed by atoms with Crippen molar-refractivity contribution in [1.82, 2.24) is 0 Å². The number of benzene rings is 1. The Morgan fingerprint density at radius 2 is 1.89 bits per heavy atom. The predicted octanol–water partition coefficient (Wildman–Crippen LogP) is 0.959. The average molecular weight is 141 g/mol. The summed E-state index contributed by atoms with van der Waals surface area (Å²) in [4.78, 5) is 0. The number of hydrogen-bond acceptors (Lipinski definition) is 1. The van der Waals surface area contributed by atoms with E-state index in [0.717, 1.165) is 5.69 Å². The highest BCUT2D eigenvalue weighted by molar-refractivity contribution is 7.67. The molecular formula is C6H7NOS. The normalized spacial score (nSPS) is 8.89. The Balaban J connectivity index is 2.72. The van der Waals surface area contributed by atoms with E-state index in [9.17, 15) is 4.21 Å². The Kier molecular flexibility index (Phi) is 2.27. The Bertz CT molecular complexity index is 188. The zero-order valence-corrected chi connectivity index (χ0v) is 5.64. The van der Waals surface area contributed by atoms with Gasteiger partial charge in [0, 0.05) is 5.69 Å². The average Bonchev–Trinajstić information content (AvgIpc) is 1.91. The van der Waals surface area contributed by atoms with Crippen LogP contribution in [0.1, 0.15) is 0 Å². The summed E-state index contributed by atoms with van der Waals surface area (Å²) in [7, 11) is 0. The zero-order valence-electron chi connectivity index (χ0n) is 4.74. The number of para-hydroxylation sites is 1. The lowest BCUT2D eigenvalue weighted by Gasteiger charge is -1.93. The molecule has 0 aliphatic rings. The molecule has 48 valence electrons. The largest absolute Gasteiger partial charge is 0.308 e. The second kappa shape index (κ2) is 3.25. The monoisotopic (exact) mass is 141 g/mol. The van der Waals surface area contributed by atoms with Gasteiger partial charge >= 0.3 is 0 Å². The summed E-state index contributed by atoms with van der Waals surface area (Å²) in [5.74, 6) is 0. The molecule has 0 spiro atoms. The number of nitrogens with one attached hydrogen (secondary N) is 1. The smallest absolute Gasteiger partial charge is 0.103 e. The number of rotatable bonds is 2. The third kappa shape index (κ3) is 1.85. The summed E-state index contributed by atoms with van der Waals surface area (Å²) in [5, 5.41) is 0. The molecular weight excluding hydrogens is 134 g/mol. The van der Waals surface area contributed by atoms with Crippen molar-refractivity contribution in [3.63, 3.8) is 0 Å². The lowest BCUT2D eigenvalue weighted by Crippen LogP contribution is -1.86. The van der Waals surface area contributed by atoms with E-state index in [1.54, 1.807) is 0 Å². The van der Waals surface area contributed by atoms with Gasteiger partial charge in [0.1, 0.15) is 11.9 Å². The standard InChI is InChI=1S/C6H7NOS/c8-9-7-6-4-2-1-3-5-6/h1-5,9H,(H,7,8). The van der Waals surface area contributed by atoms with Gasteiger partial charge in [-0.25, -0.2) is 4.21 Å². The molecule has 9 heavy (non-hydrogen) atoms. The fraction of sp³-hybridized carbons (Fsp3) is 0. The maximum absolute atomic E-state index is 9.96. The molecule has 0 saturated heterocycles. The first-order valence-electron chi connectivity index (χ1n) is 2.57. The van der Waals surface area contributed by atoms with Crippen LogP contribution in [0.4, 0.5) is 5.69 Å². The molecule has 0 saturated carbocycles. The van der Waals surface area contributed by atoms with Crippen LogP contribution in [0.3, 0.4) is 0 Å². The molecule has 0 fully saturated rings. The Morgan fingerprint density at radius 3 is 2.44 bits per heavy atom. The van der Waals surface area contributed by atoms with E-state index in [4.69, 9.17) is 0 Å². The van der Waals surface area contributed by atoms with Gasteiger partial charge in [-0.2, -0.15) is 0 Å². The van der Waals surface area contributed by atoms with E-state index < -0.39 is 0 Å². The third-order valence-electron chi connectivity index (χ3n) is 0.949. The van der Waals surface area contributed by atoms with E-state index in [1.165, 1.54) is 0 Å². The van der Waals surface area contributed by atoms with Crippen LogP contribution in [0.25, 0.3) is 0 Å².